The fourth-order valence-electron chi connectivity index (χ4n) is 3.37. The van der Waals surface area contributed by atoms with Crippen LogP contribution in [0.4, 0.5) is 4.79 Å². The number of alkyl halides is 1. The summed E-state index contributed by atoms with van der Waals surface area (Å²) in [5.74, 6) is -0.198. The summed E-state index contributed by atoms with van der Waals surface area (Å²) in [5.41, 5.74) is 7.25. The highest BCUT2D eigenvalue weighted by molar-refractivity contribution is 9.09. The van der Waals surface area contributed by atoms with Gasteiger partial charge in [-0.2, -0.15) is 0 Å². The lowest BCUT2D eigenvalue weighted by Crippen LogP contribution is -2.47. The van der Waals surface area contributed by atoms with E-state index in [9.17, 15) is 9.59 Å². The van der Waals surface area contributed by atoms with Gasteiger partial charge in [0, 0.05) is 12.5 Å². The number of hydrogen-bond donors (Lipinski definition) is 1. The third-order valence-electron chi connectivity index (χ3n) is 4.72. The van der Waals surface area contributed by atoms with Crippen molar-refractivity contribution in [1.82, 2.24) is 10.4 Å². The standard InChI is InChI=1S/C21H23BrN2O3/c1-2-3-12-24(20(25)13-22)23-21(26)27-14-19-17-10-6-4-8-15(17)16-9-5-7-11-18(16)19/h4-11,19H,2-3,12-14H2,1H3,(H,23,26). The number of halogens is 1. The average molecular weight is 431 g/mol. The molecule has 0 bridgehead atoms. The molecule has 0 spiro atoms. The maximum atomic E-state index is 12.3. The normalized spacial score (nSPS) is 12.2. The number of nitrogens with zero attached hydrogens (tertiary/aromatic N) is 1. The van der Waals surface area contributed by atoms with E-state index in [1.807, 2.05) is 31.2 Å². The molecule has 0 unspecified atom stereocenters. The summed E-state index contributed by atoms with van der Waals surface area (Å²) < 4.78 is 5.49. The summed E-state index contributed by atoms with van der Waals surface area (Å²) in [4.78, 5) is 24.2. The quantitative estimate of drug-likeness (QED) is 0.543. The van der Waals surface area contributed by atoms with Crippen LogP contribution < -0.4 is 5.43 Å². The van der Waals surface area contributed by atoms with Gasteiger partial charge in [0.1, 0.15) is 6.61 Å². The summed E-state index contributed by atoms with van der Waals surface area (Å²) >= 11 is 3.14. The van der Waals surface area contributed by atoms with Gasteiger partial charge in [0.15, 0.2) is 0 Å². The van der Waals surface area contributed by atoms with Gasteiger partial charge in [0.2, 0.25) is 0 Å². The lowest BCUT2D eigenvalue weighted by Gasteiger charge is -2.22. The van der Waals surface area contributed by atoms with Crippen LogP contribution in [0.15, 0.2) is 48.5 Å². The monoisotopic (exact) mass is 430 g/mol. The van der Waals surface area contributed by atoms with Crippen molar-refractivity contribution in [3.05, 3.63) is 59.7 Å². The van der Waals surface area contributed by atoms with Crippen LogP contribution in [0.3, 0.4) is 0 Å². The average Bonchev–Trinajstić information content (AvgIpc) is 3.03. The molecule has 142 valence electrons. The number of amides is 2. The topological polar surface area (TPSA) is 58.6 Å². The highest BCUT2D eigenvalue weighted by atomic mass is 79.9. The molecule has 2 amide bonds. The molecule has 1 aliphatic rings. The third kappa shape index (κ3) is 4.33. The molecule has 27 heavy (non-hydrogen) atoms. The van der Waals surface area contributed by atoms with E-state index in [1.54, 1.807) is 0 Å². The Balaban J connectivity index is 1.67. The van der Waals surface area contributed by atoms with E-state index in [1.165, 1.54) is 16.1 Å². The molecule has 2 aromatic rings. The SMILES string of the molecule is CCCCN(NC(=O)OCC1c2ccccc2-c2ccccc21)C(=O)CBr. The summed E-state index contributed by atoms with van der Waals surface area (Å²) in [5, 5.41) is 1.47. The molecule has 0 aromatic heterocycles. The molecule has 5 nitrogen and oxygen atoms in total. The van der Waals surface area contributed by atoms with Crippen LogP contribution >= 0.6 is 15.9 Å². The van der Waals surface area contributed by atoms with Crippen molar-refractivity contribution >= 4 is 27.9 Å². The van der Waals surface area contributed by atoms with E-state index in [4.69, 9.17) is 4.74 Å². The second-order valence-electron chi connectivity index (χ2n) is 6.47. The molecule has 0 heterocycles. The van der Waals surface area contributed by atoms with E-state index < -0.39 is 6.09 Å². The van der Waals surface area contributed by atoms with Crippen LogP contribution in [0.5, 0.6) is 0 Å². The maximum Gasteiger partial charge on any atom is 0.426 e. The lowest BCUT2D eigenvalue weighted by atomic mass is 9.98. The van der Waals surface area contributed by atoms with Crippen LogP contribution in [0.1, 0.15) is 36.8 Å². The lowest BCUT2D eigenvalue weighted by molar-refractivity contribution is -0.131. The largest absolute Gasteiger partial charge is 0.447 e. The number of hydrogen-bond acceptors (Lipinski definition) is 3. The van der Waals surface area contributed by atoms with Crippen molar-refractivity contribution in [3.63, 3.8) is 0 Å². The number of rotatable bonds is 6. The summed E-state index contributed by atoms with van der Waals surface area (Å²) in [6, 6.07) is 16.4. The minimum absolute atomic E-state index is 0.000816. The number of carbonyl (C=O) groups is 2. The van der Waals surface area contributed by atoms with Crippen molar-refractivity contribution in [1.29, 1.82) is 0 Å². The summed E-state index contributed by atoms with van der Waals surface area (Å²) in [6.45, 7) is 2.72. The molecule has 1 aliphatic carbocycles. The fourth-order valence-corrected chi connectivity index (χ4v) is 3.67. The number of unbranched alkanes of at least 4 members (excludes halogenated alkanes) is 1. The molecule has 0 radical (unpaired) electrons. The molecule has 0 fully saturated rings. The molecule has 2 aromatic carbocycles. The van der Waals surface area contributed by atoms with Crippen LogP contribution in [0, 0.1) is 0 Å². The third-order valence-corrected chi connectivity index (χ3v) is 5.20. The number of benzene rings is 2. The Hall–Kier alpha value is -2.34. The molecular formula is C21H23BrN2O3. The Morgan fingerprint density at radius 3 is 2.22 bits per heavy atom. The number of hydrazine groups is 1. The van der Waals surface area contributed by atoms with Crippen LogP contribution in [-0.2, 0) is 9.53 Å². The Labute approximate surface area is 167 Å². The molecule has 0 saturated heterocycles. The molecule has 3 rings (SSSR count). The Morgan fingerprint density at radius 1 is 1.07 bits per heavy atom. The highest BCUT2D eigenvalue weighted by Gasteiger charge is 2.29. The van der Waals surface area contributed by atoms with Gasteiger partial charge in [-0.25, -0.2) is 10.2 Å². The van der Waals surface area contributed by atoms with Crippen molar-refractivity contribution in [2.45, 2.75) is 25.7 Å². The Morgan fingerprint density at radius 2 is 1.67 bits per heavy atom. The predicted octanol–water partition coefficient (Wildman–Crippen LogP) is 4.46. The van der Waals surface area contributed by atoms with E-state index in [-0.39, 0.29) is 23.8 Å². The molecule has 1 N–H and O–H groups in total. The number of nitrogens with one attached hydrogen (secondary N) is 1. The fraction of sp³-hybridized carbons (Fsp3) is 0.333. The first kappa shape index (κ1) is 19.4. The van der Waals surface area contributed by atoms with Crippen LogP contribution in [0.2, 0.25) is 0 Å². The van der Waals surface area contributed by atoms with Crippen molar-refractivity contribution < 1.29 is 14.3 Å². The zero-order chi connectivity index (χ0) is 19.2. The molecular weight excluding hydrogens is 408 g/mol. The number of ether oxygens (including phenoxy) is 1. The van der Waals surface area contributed by atoms with Gasteiger partial charge in [-0.1, -0.05) is 77.8 Å². The minimum Gasteiger partial charge on any atom is -0.447 e. The molecule has 6 heteroatoms. The zero-order valence-electron chi connectivity index (χ0n) is 15.3. The first-order valence-corrected chi connectivity index (χ1v) is 10.3. The molecule has 0 atom stereocenters. The first-order valence-electron chi connectivity index (χ1n) is 9.13. The Bertz CT molecular complexity index is 779. The summed E-state index contributed by atoms with van der Waals surface area (Å²) in [6.07, 6.45) is 1.13. The molecule has 0 aliphatic heterocycles. The van der Waals surface area contributed by atoms with E-state index in [0.29, 0.717) is 6.54 Å². The van der Waals surface area contributed by atoms with E-state index >= 15 is 0 Å². The van der Waals surface area contributed by atoms with Crippen molar-refractivity contribution in [2.24, 2.45) is 0 Å². The van der Waals surface area contributed by atoms with E-state index in [0.717, 1.165) is 24.0 Å². The van der Waals surface area contributed by atoms with E-state index in [2.05, 4.69) is 45.6 Å². The van der Waals surface area contributed by atoms with Gasteiger partial charge in [-0.05, 0) is 28.7 Å². The van der Waals surface area contributed by atoms with Crippen LogP contribution in [-0.4, -0.2) is 35.5 Å². The number of fused-ring (bicyclic) bond motifs is 3. The predicted molar refractivity (Wildman–Crippen MR) is 109 cm³/mol. The van der Waals surface area contributed by atoms with Gasteiger partial charge in [-0.15, -0.1) is 0 Å². The first-order chi connectivity index (χ1) is 13.2. The highest BCUT2D eigenvalue weighted by Crippen LogP contribution is 2.44. The maximum absolute atomic E-state index is 12.3. The smallest absolute Gasteiger partial charge is 0.426 e. The molecule has 0 saturated carbocycles. The van der Waals surface area contributed by atoms with Crippen molar-refractivity contribution in [3.8, 4) is 11.1 Å². The van der Waals surface area contributed by atoms with Crippen molar-refractivity contribution in [2.75, 3.05) is 18.5 Å². The second kappa shape index (κ2) is 9.04. The van der Waals surface area contributed by atoms with Crippen LogP contribution in [0.25, 0.3) is 11.1 Å². The Kier molecular flexibility index (Phi) is 6.50. The summed E-state index contributed by atoms with van der Waals surface area (Å²) in [7, 11) is 0. The zero-order valence-corrected chi connectivity index (χ0v) is 16.9. The van der Waals surface area contributed by atoms with Gasteiger partial charge >= 0.3 is 6.09 Å². The van der Waals surface area contributed by atoms with Gasteiger partial charge in [0.25, 0.3) is 5.91 Å². The minimum atomic E-state index is -0.609. The van der Waals surface area contributed by atoms with Gasteiger partial charge < -0.3 is 4.74 Å². The number of carbonyl (C=O) groups excluding carboxylic acids is 2. The van der Waals surface area contributed by atoms with Gasteiger partial charge in [0.05, 0.1) is 5.33 Å². The second-order valence-corrected chi connectivity index (χ2v) is 7.03. The van der Waals surface area contributed by atoms with Gasteiger partial charge in [-0.3, -0.25) is 9.80 Å².